The van der Waals surface area contributed by atoms with Gasteiger partial charge >= 0.3 is 0 Å². The Balaban J connectivity index is 1.82. The lowest BCUT2D eigenvalue weighted by atomic mass is 9.58. The fourth-order valence-electron chi connectivity index (χ4n) is 4.15. The third kappa shape index (κ3) is 1.52. The van der Waals surface area contributed by atoms with Crippen molar-refractivity contribution in [2.45, 2.75) is 69.2 Å². The molecule has 3 rings (SSSR count). The molecule has 2 saturated carbocycles. The Morgan fingerprint density at radius 3 is 2.47 bits per heavy atom. The molecular formula is C14H24O3. The normalized spacial score (nSPS) is 53.5. The van der Waals surface area contributed by atoms with Gasteiger partial charge in [0.1, 0.15) is 5.60 Å². The topological polar surface area (TPSA) is 38.7 Å². The van der Waals surface area contributed by atoms with Crippen molar-refractivity contribution in [1.82, 2.24) is 0 Å². The molecule has 0 aromatic carbocycles. The zero-order valence-corrected chi connectivity index (χ0v) is 11.0. The van der Waals surface area contributed by atoms with Crippen LogP contribution in [0, 0.1) is 5.92 Å². The molecule has 1 spiro atoms. The maximum absolute atomic E-state index is 10.1. The van der Waals surface area contributed by atoms with Gasteiger partial charge in [0.2, 0.25) is 0 Å². The lowest BCUT2D eigenvalue weighted by Crippen LogP contribution is -2.63. The first-order valence-electron chi connectivity index (χ1n) is 7.04. The van der Waals surface area contributed by atoms with Gasteiger partial charge in [-0.1, -0.05) is 0 Å². The van der Waals surface area contributed by atoms with Crippen LogP contribution in [-0.2, 0) is 9.47 Å². The largest absolute Gasteiger partial charge is 0.390 e. The summed E-state index contributed by atoms with van der Waals surface area (Å²) in [7, 11) is 0. The fraction of sp³-hybridized carbons (Fsp3) is 1.00. The molecule has 0 aromatic heterocycles. The number of fused-ring (bicyclic) bond motifs is 2. The van der Waals surface area contributed by atoms with Crippen molar-refractivity contribution in [2.75, 3.05) is 13.2 Å². The standard InChI is InChI=1S/C14H24O3/c1-3-16-14-5-4-11(14)10-17-13(14)8-6-12(2,15)7-9-13/h11,15H,3-10H2,1-2H3. The van der Waals surface area contributed by atoms with E-state index in [4.69, 9.17) is 9.47 Å². The second kappa shape index (κ2) is 3.69. The van der Waals surface area contributed by atoms with Gasteiger partial charge in [0.05, 0.1) is 17.8 Å². The van der Waals surface area contributed by atoms with Crippen molar-refractivity contribution in [3.8, 4) is 0 Å². The number of aliphatic hydroxyl groups is 1. The number of hydrogen-bond acceptors (Lipinski definition) is 3. The number of hydrogen-bond donors (Lipinski definition) is 1. The minimum atomic E-state index is -0.496. The van der Waals surface area contributed by atoms with E-state index in [9.17, 15) is 5.11 Å². The van der Waals surface area contributed by atoms with E-state index >= 15 is 0 Å². The summed E-state index contributed by atoms with van der Waals surface area (Å²) in [6.45, 7) is 5.66. The Bertz CT molecular complexity index is 303. The Morgan fingerprint density at radius 2 is 1.94 bits per heavy atom. The van der Waals surface area contributed by atoms with Crippen LogP contribution in [0.4, 0.5) is 0 Å². The quantitative estimate of drug-likeness (QED) is 0.804. The predicted molar refractivity (Wildman–Crippen MR) is 64.9 cm³/mol. The molecule has 1 aliphatic heterocycles. The molecule has 3 fully saturated rings. The first-order valence-corrected chi connectivity index (χ1v) is 7.04. The highest BCUT2D eigenvalue weighted by Gasteiger charge is 2.67. The molecule has 0 radical (unpaired) electrons. The van der Waals surface area contributed by atoms with Crippen LogP contribution in [0.5, 0.6) is 0 Å². The molecule has 98 valence electrons. The van der Waals surface area contributed by atoms with Gasteiger partial charge in [-0.15, -0.1) is 0 Å². The van der Waals surface area contributed by atoms with Gasteiger partial charge in [0, 0.05) is 12.5 Å². The average Bonchev–Trinajstić information content (AvgIpc) is 2.46. The third-order valence-corrected chi connectivity index (χ3v) is 5.39. The summed E-state index contributed by atoms with van der Waals surface area (Å²) < 4.78 is 12.3. The number of rotatable bonds is 2. The predicted octanol–water partition coefficient (Wildman–Crippen LogP) is 2.27. The zero-order valence-electron chi connectivity index (χ0n) is 11.0. The summed E-state index contributed by atoms with van der Waals surface area (Å²) in [5.41, 5.74) is -0.601. The van der Waals surface area contributed by atoms with Gasteiger partial charge < -0.3 is 14.6 Å². The van der Waals surface area contributed by atoms with Crippen LogP contribution < -0.4 is 0 Å². The van der Waals surface area contributed by atoms with Crippen LogP contribution in [0.15, 0.2) is 0 Å². The Morgan fingerprint density at radius 1 is 1.24 bits per heavy atom. The SMILES string of the molecule is CCOC12CCC1COC21CCC(C)(O)CC1. The van der Waals surface area contributed by atoms with Crippen molar-refractivity contribution < 1.29 is 14.6 Å². The van der Waals surface area contributed by atoms with Crippen LogP contribution >= 0.6 is 0 Å². The molecule has 0 amide bonds. The highest BCUT2D eigenvalue weighted by Crippen LogP contribution is 2.60. The van der Waals surface area contributed by atoms with Crippen LogP contribution in [0.25, 0.3) is 0 Å². The first kappa shape index (κ1) is 11.9. The van der Waals surface area contributed by atoms with Crippen molar-refractivity contribution in [3.63, 3.8) is 0 Å². The van der Waals surface area contributed by atoms with Crippen LogP contribution in [0.3, 0.4) is 0 Å². The summed E-state index contributed by atoms with van der Waals surface area (Å²) in [6, 6.07) is 0. The molecule has 1 heterocycles. The molecule has 3 heteroatoms. The smallest absolute Gasteiger partial charge is 0.102 e. The lowest BCUT2D eigenvalue weighted by molar-refractivity contribution is -0.218. The molecule has 0 bridgehead atoms. The van der Waals surface area contributed by atoms with Crippen LogP contribution in [0.1, 0.15) is 52.4 Å². The molecule has 1 saturated heterocycles. The van der Waals surface area contributed by atoms with E-state index in [-0.39, 0.29) is 11.2 Å². The fourth-order valence-corrected chi connectivity index (χ4v) is 4.15. The van der Waals surface area contributed by atoms with Crippen molar-refractivity contribution in [2.24, 2.45) is 5.92 Å². The molecule has 1 N–H and O–H groups in total. The second-order valence-electron chi connectivity index (χ2n) is 6.36. The zero-order chi connectivity index (χ0) is 12.1. The van der Waals surface area contributed by atoms with Gasteiger partial charge in [0.25, 0.3) is 0 Å². The molecule has 0 aromatic rings. The second-order valence-corrected chi connectivity index (χ2v) is 6.36. The minimum absolute atomic E-state index is 0.0156. The van der Waals surface area contributed by atoms with E-state index in [2.05, 4.69) is 6.92 Å². The molecule has 3 aliphatic rings. The molecule has 2 atom stereocenters. The Kier molecular flexibility index (Phi) is 2.59. The van der Waals surface area contributed by atoms with E-state index in [1.165, 1.54) is 6.42 Å². The van der Waals surface area contributed by atoms with Crippen LogP contribution in [-0.4, -0.2) is 35.1 Å². The molecular weight excluding hydrogens is 216 g/mol. The summed E-state index contributed by atoms with van der Waals surface area (Å²) >= 11 is 0. The molecule has 3 nitrogen and oxygen atoms in total. The summed E-state index contributed by atoms with van der Waals surface area (Å²) in [4.78, 5) is 0. The van der Waals surface area contributed by atoms with Gasteiger partial charge in [-0.25, -0.2) is 0 Å². The molecule has 2 unspecified atom stereocenters. The van der Waals surface area contributed by atoms with Gasteiger partial charge in [-0.05, 0) is 52.4 Å². The van der Waals surface area contributed by atoms with Gasteiger partial charge in [-0.3, -0.25) is 0 Å². The summed E-state index contributed by atoms with van der Waals surface area (Å²) in [5.74, 6) is 0.602. The monoisotopic (exact) mass is 240 g/mol. The summed E-state index contributed by atoms with van der Waals surface area (Å²) in [5, 5.41) is 10.1. The van der Waals surface area contributed by atoms with Gasteiger partial charge in [-0.2, -0.15) is 0 Å². The number of ether oxygens (including phenoxy) is 2. The van der Waals surface area contributed by atoms with Crippen molar-refractivity contribution >= 4 is 0 Å². The van der Waals surface area contributed by atoms with E-state index < -0.39 is 5.60 Å². The van der Waals surface area contributed by atoms with Gasteiger partial charge in [0.15, 0.2) is 0 Å². The average molecular weight is 240 g/mol. The maximum Gasteiger partial charge on any atom is 0.102 e. The van der Waals surface area contributed by atoms with E-state index in [0.29, 0.717) is 5.92 Å². The third-order valence-electron chi connectivity index (χ3n) is 5.39. The van der Waals surface area contributed by atoms with E-state index in [1.807, 2.05) is 6.92 Å². The lowest BCUT2D eigenvalue weighted by Gasteiger charge is -2.55. The van der Waals surface area contributed by atoms with Crippen LogP contribution in [0.2, 0.25) is 0 Å². The highest BCUT2D eigenvalue weighted by atomic mass is 16.6. The highest BCUT2D eigenvalue weighted by molar-refractivity contribution is 5.18. The minimum Gasteiger partial charge on any atom is -0.390 e. The van der Waals surface area contributed by atoms with E-state index in [0.717, 1.165) is 45.3 Å². The first-order chi connectivity index (χ1) is 8.04. The molecule has 17 heavy (non-hydrogen) atoms. The van der Waals surface area contributed by atoms with E-state index in [1.54, 1.807) is 0 Å². The maximum atomic E-state index is 10.1. The Labute approximate surface area is 103 Å². The van der Waals surface area contributed by atoms with Crippen molar-refractivity contribution in [1.29, 1.82) is 0 Å². The molecule has 2 aliphatic carbocycles. The summed E-state index contributed by atoms with van der Waals surface area (Å²) in [6.07, 6.45) is 5.99. The Hall–Kier alpha value is -0.120. The van der Waals surface area contributed by atoms with Crippen molar-refractivity contribution in [3.05, 3.63) is 0 Å².